The third-order valence-corrected chi connectivity index (χ3v) is 2.31. The summed E-state index contributed by atoms with van der Waals surface area (Å²) in [6.07, 6.45) is 0.351. The summed E-state index contributed by atoms with van der Waals surface area (Å²) in [4.78, 5) is 14.8. The van der Waals surface area contributed by atoms with E-state index < -0.39 is 6.09 Å². The van der Waals surface area contributed by atoms with Crippen molar-refractivity contribution in [2.75, 3.05) is 6.54 Å². The maximum Gasteiger partial charge on any atom is 0.407 e. The number of piperidine rings is 1. The smallest absolute Gasteiger partial charge is 0.407 e. The maximum absolute atomic E-state index is 10.7. The first-order valence-corrected chi connectivity index (χ1v) is 4.19. The first kappa shape index (κ1) is 9.67. The van der Waals surface area contributed by atoms with Crippen LogP contribution in [0.5, 0.6) is 0 Å². The van der Waals surface area contributed by atoms with Crippen LogP contribution in [0.2, 0.25) is 0 Å². The molecule has 0 radical (unpaired) electrons. The van der Waals surface area contributed by atoms with E-state index >= 15 is 0 Å². The summed E-state index contributed by atoms with van der Waals surface area (Å²) < 4.78 is 0. The maximum atomic E-state index is 10.7. The van der Waals surface area contributed by atoms with Gasteiger partial charge in [0.25, 0.3) is 0 Å². The minimum atomic E-state index is -0.896. The number of nitrogens with zero attached hydrogens (tertiary/aromatic N) is 4. The van der Waals surface area contributed by atoms with E-state index in [0.29, 0.717) is 19.4 Å². The molecule has 0 aromatic heterocycles. The van der Waals surface area contributed by atoms with E-state index in [1.54, 1.807) is 0 Å². The molecule has 1 heterocycles. The predicted molar refractivity (Wildman–Crippen MR) is 46.4 cm³/mol. The molecular formula is C7H12N4O2. The summed E-state index contributed by atoms with van der Waals surface area (Å²) in [5.41, 5.74) is 8.21. The summed E-state index contributed by atoms with van der Waals surface area (Å²) >= 11 is 0. The van der Waals surface area contributed by atoms with E-state index in [-0.39, 0.29) is 12.1 Å². The quantitative estimate of drug-likeness (QED) is 0.382. The molecule has 1 saturated heterocycles. The Kier molecular flexibility index (Phi) is 2.97. The number of carbonyl (C=O) groups is 1. The average Bonchev–Trinajstić information content (AvgIpc) is 2.04. The largest absolute Gasteiger partial charge is 0.465 e. The Morgan fingerprint density at radius 3 is 2.92 bits per heavy atom. The molecule has 0 spiro atoms. The highest BCUT2D eigenvalue weighted by Gasteiger charge is 2.27. The monoisotopic (exact) mass is 184 g/mol. The molecule has 6 heteroatoms. The van der Waals surface area contributed by atoms with Gasteiger partial charge in [-0.05, 0) is 25.3 Å². The molecule has 2 unspecified atom stereocenters. The minimum absolute atomic E-state index is 0.0457. The van der Waals surface area contributed by atoms with Crippen LogP contribution in [-0.2, 0) is 0 Å². The molecule has 1 aliphatic heterocycles. The lowest BCUT2D eigenvalue weighted by molar-refractivity contribution is 0.107. The third kappa shape index (κ3) is 2.26. The Labute approximate surface area is 75.8 Å². The number of hydrogen-bond donors (Lipinski definition) is 1. The van der Waals surface area contributed by atoms with Crippen molar-refractivity contribution in [3.8, 4) is 0 Å². The number of amides is 1. The van der Waals surface area contributed by atoms with Crippen LogP contribution >= 0.6 is 0 Å². The molecule has 6 nitrogen and oxygen atoms in total. The standard InChI is InChI=1S/C7H12N4O2/c1-5-4-6(9-10-8)2-3-11(5)7(12)13/h5-6H,2-4H2,1H3,(H,12,13). The lowest BCUT2D eigenvalue weighted by Gasteiger charge is -2.33. The average molecular weight is 184 g/mol. The molecule has 1 fully saturated rings. The van der Waals surface area contributed by atoms with Crippen LogP contribution in [0.4, 0.5) is 4.79 Å². The topological polar surface area (TPSA) is 89.3 Å². The van der Waals surface area contributed by atoms with Crippen LogP contribution in [0.3, 0.4) is 0 Å². The second-order valence-electron chi connectivity index (χ2n) is 3.21. The highest BCUT2D eigenvalue weighted by atomic mass is 16.4. The van der Waals surface area contributed by atoms with Crippen molar-refractivity contribution in [1.29, 1.82) is 0 Å². The van der Waals surface area contributed by atoms with Crippen LogP contribution in [0.15, 0.2) is 5.11 Å². The van der Waals surface area contributed by atoms with Gasteiger partial charge in [0.1, 0.15) is 0 Å². The van der Waals surface area contributed by atoms with Crippen LogP contribution < -0.4 is 0 Å². The van der Waals surface area contributed by atoms with Gasteiger partial charge in [0, 0.05) is 23.5 Å². The lowest BCUT2D eigenvalue weighted by Crippen LogP contribution is -2.44. The van der Waals surface area contributed by atoms with Crippen molar-refractivity contribution < 1.29 is 9.90 Å². The molecule has 13 heavy (non-hydrogen) atoms. The van der Waals surface area contributed by atoms with E-state index in [1.807, 2.05) is 6.92 Å². The summed E-state index contributed by atoms with van der Waals surface area (Å²) in [5.74, 6) is 0. The van der Waals surface area contributed by atoms with Gasteiger partial charge in [0.15, 0.2) is 0 Å². The van der Waals surface area contributed by atoms with Gasteiger partial charge in [-0.2, -0.15) is 0 Å². The van der Waals surface area contributed by atoms with Gasteiger partial charge in [-0.1, -0.05) is 5.11 Å². The van der Waals surface area contributed by atoms with Gasteiger partial charge < -0.3 is 10.0 Å². The van der Waals surface area contributed by atoms with Gasteiger partial charge in [-0.25, -0.2) is 4.79 Å². The fourth-order valence-electron chi connectivity index (χ4n) is 1.61. The second-order valence-corrected chi connectivity index (χ2v) is 3.21. The fourth-order valence-corrected chi connectivity index (χ4v) is 1.61. The Morgan fingerprint density at radius 2 is 2.46 bits per heavy atom. The molecule has 0 bridgehead atoms. The normalized spacial score (nSPS) is 27.9. The van der Waals surface area contributed by atoms with Crippen LogP contribution in [0.1, 0.15) is 19.8 Å². The SMILES string of the molecule is CC1CC(N=[N+]=[N-])CCN1C(=O)O. The van der Waals surface area contributed by atoms with Crippen molar-refractivity contribution in [3.63, 3.8) is 0 Å². The molecule has 0 aromatic rings. The first-order chi connectivity index (χ1) is 6.15. The van der Waals surface area contributed by atoms with Crippen LogP contribution in [0, 0.1) is 0 Å². The number of carboxylic acid groups (broad SMARTS) is 1. The van der Waals surface area contributed by atoms with E-state index in [4.69, 9.17) is 10.6 Å². The number of likely N-dealkylation sites (tertiary alicyclic amines) is 1. The number of azide groups is 1. The Balaban J connectivity index is 2.56. The van der Waals surface area contributed by atoms with Crippen molar-refractivity contribution in [1.82, 2.24) is 4.90 Å². The molecular weight excluding hydrogens is 172 g/mol. The predicted octanol–water partition coefficient (Wildman–Crippen LogP) is 1.83. The van der Waals surface area contributed by atoms with Gasteiger partial charge in [0.2, 0.25) is 0 Å². The molecule has 1 rings (SSSR count). The molecule has 1 N–H and O–H groups in total. The van der Waals surface area contributed by atoms with Gasteiger partial charge in [-0.3, -0.25) is 0 Å². The molecule has 1 amide bonds. The fraction of sp³-hybridized carbons (Fsp3) is 0.857. The van der Waals surface area contributed by atoms with E-state index in [2.05, 4.69) is 10.0 Å². The van der Waals surface area contributed by atoms with Crippen molar-refractivity contribution in [3.05, 3.63) is 10.4 Å². The lowest BCUT2D eigenvalue weighted by atomic mass is 10.00. The number of hydrogen-bond acceptors (Lipinski definition) is 2. The molecule has 72 valence electrons. The zero-order valence-electron chi connectivity index (χ0n) is 7.42. The van der Waals surface area contributed by atoms with Gasteiger partial charge >= 0.3 is 6.09 Å². The van der Waals surface area contributed by atoms with Gasteiger partial charge in [0.05, 0.1) is 0 Å². The zero-order valence-corrected chi connectivity index (χ0v) is 7.42. The van der Waals surface area contributed by atoms with Crippen LogP contribution in [0.25, 0.3) is 10.4 Å². The molecule has 0 aromatic carbocycles. The summed E-state index contributed by atoms with van der Waals surface area (Å²) in [5, 5.41) is 12.3. The van der Waals surface area contributed by atoms with E-state index in [9.17, 15) is 4.79 Å². The highest BCUT2D eigenvalue weighted by molar-refractivity contribution is 5.65. The summed E-state index contributed by atoms with van der Waals surface area (Å²) in [7, 11) is 0. The molecule has 0 aliphatic carbocycles. The molecule has 0 saturated carbocycles. The van der Waals surface area contributed by atoms with Crippen LogP contribution in [-0.4, -0.2) is 34.7 Å². The summed E-state index contributed by atoms with van der Waals surface area (Å²) in [6.45, 7) is 2.29. The Hall–Kier alpha value is -1.42. The zero-order chi connectivity index (χ0) is 9.84. The summed E-state index contributed by atoms with van der Waals surface area (Å²) in [6, 6.07) is -0.0997. The van der Waals surface area contributed by atoms with E-state index in [1.165, 1.54) is 4.90 Å². The number of rotatable bonds is 1. The first-order valence-electron chi connectivity index (χ1n) is 4.19. The Bertz CT molecular complexity index is 249. The molecule has 1 aliphatic rings. The second kappa shape index (κ2) is 4.00. The highest BCUT2D eigenvalue weighted by Crippen LogP contribution is 2.19. The van der Waals surface area contributed by atoms with Crippen molar-refractivity contribution >= 4 is 6.09 Å². The Morgan fingerprint density at radius 1 is 1.77 bits per heavy atom. The van der Waals surface area contributed by atoms with Crippen molar-refractivity contribution in [2.45, 2.75) is 31.8 Å². The molecule has 2 atom stereocenters. The van der Waals surface area contributed by atoms with E-state index in [0.717, 1.165) is 0 Å². The van der Waals surface area contributed by atoms with Crippen molar-refractivity contribution in [2.24, 2.45) is 5.11 Å². The minimum Gasteiger partial charge on any atom is -0.465 e. The third-order valence-electron chi connectivity index (χ3n) is 2.31. The van der Waals surface area contributed by atoms with Gasteiger partial charge in [-0.15, -0.1) is 0 Å².